The van der Waals surface area contributed by atoms with E-state index < -0.39 is 19.6 Å². The molecule has 0 saturated heterocycles. The molecule has 0 atom stereocenters. The van der Waals surface area contributed by atoms with Gasteiger partial charge in [-0.05, 0) is 26.8 Å². The van der Waals surface area contributed by atoms with E-state index in [-0.39, 0.29) is 23.9 Å². The zero-order valence-electron chi connectivity index (χ0n) is 15.2. The predicted molar refractivity (Wildman–Crippen MR) is 91.5 cm³/mol. The molecule has 0 fully saturated rings. The van der Waals surface area contributed by atoms with Crippen LogP contribution in [-0.2, 0) is 16.2 Å². The topological polar surface area (TPSA) is 70.4 Å². The predicted octanol–water partition coefficient (Wildman–Crippen LogP) is 3.35. The number of ether oxygens (including phenoxy) is 2. The van der Waals surface area contributed by atoms with E-state index in [0.717, 1.165) is 6.04 Å². The number of hydrogen-bond donors (Lipinski definition) is 0. The van der Waals surface area contributed by atoms with E-state index in [1.165, 1.54) is 17.7 Å². The highest BCUT2D eigenvalue weighted by Crippen LogP contribution is 2.14. The molecule has 7 heteroatoms. The molecule has 0 spiro atoms. The van der Waals surface area contributed by atoms with Gasteiger partial charge in [0.05, 0.1) is 0 Å². The Balaban J connectivity index is 2.84. The standard InChI is InChI=1S/C16H28N2O4Si/c1-12(19)13-10-14(15(20)22-16(2,3)4)18(17-13)11-21-8-9-23(5,6)7/h10H,8-9,11H2,1-7H3. The molecule has 0 aliphatic carbocycles. The maximum absolute atomic E-state index is 12.3. The molecule has 0 unspecified atom stereocenters. The minimum Gasteiger partial charge on any atom is -0.455 e. The molecule has 0 radical (unpaired) electrons. The number of carbonyl (C=O) groups is 2. The van der Waals surface area contributed by atoms with E-state index in [0.29, 0.717) is 6.61 Å². The molecule has 1 aromatic rings. The number of rotatable bonds is 7. The maximum Gasteiger partial charge on any atom is 0.357 e. The molecule has 1 rings (SSSR count). The number of ketones is 1. The second-order valence-electron chi connectivity index (χ2n) is 7.82. The van der Waals surface area contributed by atoms with Gasteiger partial charge < -0.3 is 9.47 Å². The Bertz CT molecular complexity index is 568. The van der Waals surface area contributed by atoms with Crippen molar-refractivity contribution >= 4 is 19.8 Å². The monoisotopic (exact) mass is 340 g/mol. The smallest absolute Gasteiger partial charge is 0.357 e. The van der Waals surface area contributed by atoms with Crippen LogP contribution >= 0.6 is 0 Å². The van der Waals surface area contributed by atoms with Gasteiger partial charge in [-0.25, -0.2) is 9.48 Å². The lowest BCUT2D eigenvalue weighted by atomic mass is 10.2. The summed E-state index contributed by atoms with van der Waals surface area (Å²) in [5, 5.41) is 4.15. The van der Waals surface area contributed by atoms with Gasteiger partial charge in [-0.3, -0.25) is 4.79 Å². The Labute approximate surface area is 139 Å². The number of nitrogens with zero attached hydrogens (tertiary/aromatic N) is 2. The van der Waals surface area contributed by atoms with Crippen LogP contribution in [0.3, 0.4) is 0 Å². The molecule has 0 aliphatic rings. The van der Waals surface area contributed by atoms with E-state index in [4.69, 9.17) is 9.47 Å². The first-order valence-electron chi connectivity index (χ1n) is 7.79. The normalized spacial score (nSPS) is 12.3. The summed E-state index contributed by atoms with van der Waals surface area (Å²) in [7, 11) is -1.18. The number of hydrogen-bond acceptors (Lipinski definition) is 5. The Morgan fingerprint density at radius 3 is 2.35 bits per heavy atom. The average Bonchev–Trinajstić information content (AvgIpc) is 2.75. The second kappa shape index (κ2) is 7.40. The molecule has 130 valence electrons. The molecular formula is C16H28N2O4Si. The van der Waals surface area contributed by atoms with Crippen molar-refractivity contribution in [1.29, 1.82) is 0 Å². The average molecular weight is 340 g/mol. The van der Waals surface area contributed by atoms with Crippen LogP contribution in [0, 0.1) is 0 Å². The first-order chi connectivity index (χ1) is 10.4. The lowest BCUT2D eigenvalue weighted by Gasteiger charge is -2.20. The van der Waals surface area contributed by atoms with E-state index in [2.05, 4.69) is 24.7 Å². The molecular weight excluding hydrogens is 312 g/mol. The minimum absolute atomic E-state index is 0.131. The third-order valence-corrected chi connectivity index (χ3v) is 4.66. The van der Waals surface area contributed by atoms with Gasteiger partial charge in [0, 0.05) is 27.7 Å². The largest absolute Gasteiger partial charge is 0.455 e. The summed E-state index contributed by atoms with van der Waals surface area (Å²) < 4.78 is 12.4. The Kier molecular flexibility index (Phi) is 6.30. The van der Waals surface area contributed by atoms with E-state index in [1.54, 1.807) is 20.8 Å². The van der Waals surface area contributed by atoms with Crippen LogP contribution in [0.15, 0.2) is 6.07 Å². The zero-order valence-corrected chi connectivity index (χ0v) is 16.2. The molecule has 0 aromatic carbocycles. The summed E-state index contributed by atoms with van der Waals surface area (Å²) in [5.41, 5.74) is -0.140. The van der Waals surface area contributed by atoms with Gasteiger partial charge in [0.15, 0.2) is 5.78 Å². The molecule has 0 bridgehead atoms. The molecule has 1 aromatic heterocycles. The molecule has 0 aliphatic heterocycles. The fourth-order valence-corrected chi connectivity index (χ4v) is 2.47. The van der Waals surface area contributed by atoms with Crippen molar-refractivity contribution in [1.82, 2.24) is 9.78 Å². The number of esters is 1. The van der Waals surface area contributed by atoms with Gasteiger partial charge in [0.2, 0.25) is 0 Å². The van der Waals surface area contributed by atoms with Gasteiger partial charge in [-0.15, -0.1) is 0 Å². The maximum atomic E-state index is 12.3. The van der Waals surface area contributed by atoms with Crippen molar-refractivity contribution in [3.63, 3.8) is 0 Å². The highest BCUT2D eigenvalue weighted by Gasteiger charge is 2.23. The molecule has 1 heterocycles. The molecule has 0 amide bonds. The molecule has 0 N–H and O–H groups in total. The highest BCUT2D eigenvalue weighted by molar-refractivity contribution is 6.76. The molecule has 0 saturated carbocycles. The van der Waals surface area contributed by atoms with Crippen LogP contribution in [0.5, 0.6) is 0 Å². The van der Waals surface area contributed by atoms with E-state index in [1.807, 2.05) is 0 Å². The van der Waals surface area contributed by atoms with Crippen LogP contribution in [0.1, 0.15) is 48.7 Å². The summed E-state index contributed by atoms with van der Waals surface area (Å²) in [6, 6.07) is 2.48. The lowest BCUT2D eigenvalue weighted by Crippen LogP contribution is -2.26. The minimum atomic E-state index is -1.18. The summed E-state index contributed by atoms with van der Waals surface area (Å²) in [5.74, 6) is -0.707. The summed E-state index contributed by atoms with van der Waals surface area (Å²) in [6.07, 6.45) is 0. The lowest BCUT2D eigenvalue weighted by molar-refractivity contribution is 0.00340. The van der Waals surface area contributed by atoms with Crippen molar-refractivity contribution in [2.75, 3.05) is 6.61 Å². The fourth-order valence-electron chi connectivity index (χ4n) is 1.71. The van der Waals surface area contributed by atoms with Crippen LogP contribution in [0.4, 0.5) is 0 Å². The van der Waals surface area contributed by atoms with Crippen LogP contribution in [0.25, 0.3) is 0 Å². The van der Waals surface area contributed by atoms with Gasteiger partial charge >= 0.3 is 5.97 Å². The first-order valence-corrected chi connectivity index (χ1v) is 11.5. The summed E-state index contributed by atoms with van der Waals surface area (Å²) in [6.45, 7) is 14.3. The second-order valence-corrected chi connectivity index (χ2v) is 13.4. The van der Waals surface area contributed by atoms with E-state index >= 15 is 0 Å². The van der Waals surface area contributed by atoms with Gasteiger partial charge in [-0.1, -0.05) is 19.6 Å². The van der Waals surface area contributed by atoms with Crippen molar-refractivity contribution in [3.05, 3.63) is 17.5 Å². The van der Waals surface area contributed by atoms with Gasteiger partial charge in [0.25, 0.3) is 0 Å². The van der Waals surface area contributed by atoms with Gasteiger partial charge in [-0.2, -0.15) is 5.10 Å². The van der Waals surface area contributed by atoms with Crippen molar-refractivity contribution in [2.45, 2.75) is 65.7 Å². The van der Waals surface area contributed by atoms with Crippen LogP contribution in [-0.4, -0.2) is 41.8 Å². The molecule has 23 heavy (non-hydrogen) atoms. The van der Waals surface area contributed by atoms with Crippen molar-refractivity contribution in [2.24, 2.45) is 0 Å². The summed E-state index contributed by atoms with van der Waals surface area (Å²) >= 11 is 0. The van der Waals surface area contributed by atoms with Crippen LogP contribution < -0.4 is 0 Å². The van der Waals surface area contributed by atoms with Gasteiger partial charge in [0.1, 0.15) is 23.7 Å². The Morgan fingerprint density at radius 2 is 1.87 bits per heavy atom. The zero-order chi connectivity index (χ0) is 17.8. The number of Topliss-reactive ketones (excluding diaryl/α,β-unsaturated/α-hetero) is 1. The van der Waals surface area contributed by atoms with Crippen molar-refractivity contribution < 1.29 is 19.1 Å². The van der Waals surface area contributed by atoms with Crippen molar-refractivity contribution in [3.8, 4) is 0 Å². The Hall–Kier alpha value is -1.47. The third-order valence-electron chi connectivity index (χ3n) is 2.96. The summed E-state index contributed by atoms with van der Waals surface area (Å²) in [4.78, 5) is 23.8. The highest BCUT2D eigenvalue weighted by atomic mass is 28.3. The quantitative estimate of drug-likeness (QED) is 0.329. The first kappa shape index (κ1) is 19.6. The number of aromatic nitrogens is 2. The number of carbonyl (C=O) groups excluding carboxylic acids is 2. The Morgan fingerprint density at radius 1 is 1.26 bits per heavy atom. The third kappa shape index (κ3) is 7.09. The van der Waals surface area contributed by atoms with E-state index in [9.17, 15) is 9.59 Å². The fraction of sp³-hybridized carbons (Fsp3) is 0.688. The SMILES string of the molecule is CC(=O)c1cc(C(=O)OC(C)(C)C)n(COCC[Si](C)(C)C)n1. The van der Waals surface area contributed by atoms with Crippen LogP contribution in [0.2, 0.25) is 25.7 Å². The molecule has 6 nitrogen and oxygen atoms in total.